The number of carbonyl (C=O) groups excluding carboxylic acids is 3. The molecule has 1 N–H and O–H groups in total. The molecule has 192 valence electrons. The van der Waals surface area contributed by atoms with Crippen LogP contribution in [0.25, 0.3) is 17.0 Å². The van der Waals surface area contributed by atoms with Crippen molar-refractivity contribution in [2.24, 2.45) is 0 Å². The van der Waals surface area contributed by atoms with Crippen LogP contribution in [0.15, 0.2) is 84.6 Å². The van der Waals surface area contributed by atoms with Gasteiger partial charge >= 0.3 is 6.03 Å². The van der Waals surface area contributed by atoms with Crippen molar-refractivity contribution in [3.8, 4) is 11.5 Å². The Morgan fingerprint density at radius 3 is 2.39 bits per heavy atom. The number of barbiturate groups is 1. The number of anilines is 1. The second-order valence-corrected chi connectivity index (χ2v) is 8.58. The zero-order valence-corrected chi connectivity index (χ0v) is 20.5. The highest BCUT2D eigenvalue weighted by Gasteiger charge is 2.37. The second-order valence-electron chi connectivity index (χ2n) is 8.58. The van der Waals surface area contributed by atoms with Crippen molar-refractivity contribution in [2.45, 2.75) is 13.0 Å². The highest BCUT2D eigenvalue weighted by Crippen LogP contribution is 2.28. The first-order chi connectivity index (χ1) is 18.5. The zero-order chi connectivity index (χ0) is 26.6. The van der Waals surface area contributed by atoms with Gasteiger partial charge in [0.2, 0.25) is 0 Å². The van der Waals surface area contributed by atoms with E-state index in [0.29, 0.717) is 36.6 Å². The van der Waals surface area contributed by atoms with E-state index < -0.39 is 23.7 Å². The molecule has 1 aliphatic heterocycles. The number of carbonyl (C=O) groups is 3. The Morgan fingerprint density at radius 1 is 0.921 bits per heavy atom. The molecule has 8 nitrogen and oxygen atoms in total. The quantitative estimate of drug-likeness (QED) is 0.205. The number of aryl methyl sites for hydroxylation is 1. The topological polar surface area (TPSA) is 89.9 Å². The molecule has 0 aliphatic carbocycles. The second kappa shape index (κ2) is 10.6. The number of amides is 4. The number of para-hydroxylation sites is 3. The summed E-state index contributed by atoms with van der Waals surface area (Å²) in [6, 6.07) is 19.1. The van der Waals surface area contributed by atoms with Crippen molar-refractivity contribution in [1.29, 1.82) is 0 Å². The summed E-state index contributed by atoms with van der Waals surface area (Å²) in [5.74, 6) is -0.754. The van der Waals surface area contributed by atoms with Crippen LogP contribution in [0.2, 0.25) is 0 Å². The molecular weight excluding hydrogens is 489 g/mol. The maximum absolute atomic E-state index is 13.4. The number of benzene rings is 3. The van der Waals surface area contributed by atoms with Gasteiger partial charge in [0.25, 0.3) is 11.8 Å². The normalized spacial score (nSPS) is 14.7. The molecule has 1 fully saturated rings. The van der Waals surface area contributed by atoms with Gasteiger partial charge in [-0.1, -0.05) is 30.3 Å². The van der Waals surface area contributed by atoms with E-state index in [9.17, 15) is 18.8 Å². The summed E-state index contributed by atoms with van der Waals surface area (Å²) in [4.78, 5) is 39.1. The lowest BCUT2D eigenvalue weighted by Crippen LogP contribution is -2.54. The van der Waals surface area contributed by atoms with E-state index in [-0.39, 0.29) is 11.3 Å². The number of ether oxygens (including phenoxy) is 2. The molecule has 0 atom stereocenters. The molecule has 0 spiro atoms. The number of nitrogens with one attached hydrogen (secondary N) is 1. The van der Waals surface area contributed by atoms with Gasteiger partial charge in [0.05, 0.1) is 19.4 Å². The van der Waals surface area contributed by atoms with Crippen molar-refractivity contribution >= 4 is 40.5 Å². The minimum atomic E-state index is -0.888. The summed E-state index contributed by atoms with van der Waals surface area (Å²) in [5, 5.41) is 3.04. The summed E-state index contributed by atoms with van der Waals surface area (Å²) in [6.45, 7) is 1.08. The minimum Gasteiger partial charge on any atom is -0.493 e. The monoisotopic (exact) mass is 513 g/mol. The van der Waals surface area contributed by atoms with Gasteiger partial charge in [-0.25, -0.2) is 14.1 Å². The lowest BCUT2D eigenvalue weighted by atomic mass is 10.1. The van der Waals surface area contributed by atoms with Crippen molar-refractivity contribution < 1.29 is 28.2 Å². The number of methoxy groups -OCH3 is 1. The highest BCUT2D eigenvalue weighted by molar-refractivity contribution is 6.39. The van der Waals surface area contributed by atoms with Crippen molar-refractivity contribution in [3.63, 3.8) is 0 Å². The van der Waals surface area contributed by atoms with E-state index in [4.69, 9.17) is 9.47 Å². The highest BCUT2D eigenvalue weighted by atomic mass is 19.1. The number of nitrogens with zero attached hydrogens (tertiary/aromatic N) is 2. The molecular formula is C29H24FN3O5. The van der Waals surface area contributed by atoms with Crippen molar-refractivity contribution in [2.75, 3.05) is 18.6 Å². The van der Waals surface area contributed by atoms with Gasteiger partial charge in [0.1, 0.15) is 11.4 Å². The molecule has 38 heavy (non-hydrogen) atoms. The van der Waals surface area contributed by atoms with Gasteiger partial charge in [-0.2, -0.15) is 0 Å². The Bertz CT molecular complexity index is 1560. The number of fused-ring (bicyclic) bond motifs is 1. The van der Waals surface area contributed by atoms with Crippen LogP contribution in [0.5, 0.6) is 11.5 Å². The number of rotatable bonds is 8. The third-order valence-electron chi connectivity index (χ3n) is 6.18. The summed E-state index contributed by atoms with van der Waals surface area (Å²) < 4.78 is 26.6. The van der Waals surface area contributed by atoms with Gasteiger partial charge in [0, 0.05) is 29.2 Å². The molecule has 0 bridgehead atoms. The fourth-order valence-corrected chi connectivity index (χ4v) is 4.37. The van der Waals surface area contributed by atoms with Gasteiger partial charge in [-0.05, 0) is 55.0 Å². The lowest BCUT2D eigenvalue weighted by Gasteiger charge is -2.26. The molecule has 0 unspecified atom stereocenters. The number of aromatic nitrogens is 1. The third-order valence-corrected chi connectivity index (χ3v) is 6.18. The summed E-state index contributed by atoms with van der Waals surface area (Å²) >= 11 is 0. The molecule has 0 saturated carbocycles. The first-order valence-corrected chi connectivity index (χ1v) is 12.0. The zero-order valence-electron chi connectivity index (χ0n) is 20.5. The number of imide groups is 2. The van der Waals surface area contributed by atoms with Gasteiger partial charge in [0.15, 0.2) is 11.5 Å². The molecule has 0 radical (unpaired) electrons. The van der Waals surface area contributed by atoms with Crippen molar-refractivity contribution in [3.05, 3.63) is 95.9 Å². The molecule has 9 heteroatoms. The predicted molar refractivity (Wildman–Crippen MR) is 140 cm³/mol. The SMILES string of the molecule is COc1ccccc1OCCCn1cc(C=C2C(=O)NC(=O)N(c3ccc(F)cc3)C2=O)c2ccccc21. The third kappa shape index (κ3) is 4.86. The van der Waals surface area contributed by atoms with Crippen LogP contribution < -0.4 is 19.7 Å². The van der Waals surface area contributed by atoms with Gasteiger partial charge in [-0.15, -0.1) is 0 Å². The van der Waals surface area contributed by atoms with Crippen LogP contribution in [0.4, 0.5) is 14.9 Å². The fraction of sp³-hybridized carbons (Fsp3) is 0.138. The van der Waals surface area contributed by atoms with Crippen LogP contribution >= 0.6 is 0 Å². The Labute approximate surface area is 217 Å². The van der Waals surface area contributed by atoms with E-state index in [1.807, 2.05) is 59.3 Å². The van der Waals surface area contributed by atoms with Crippen LogP contribution in [0.1, 0.15) is 12.0 Å². The molecule has 1 aromatic heterocycles. The van der Waals surface area contributed by atoms with Crippen LogP contribution in [0.3, 0.4) is 0 Å². The van der Waals surface area contributed by atoms with E-state index in [0.717, 1.165) is 27.9 Å². The summed E-state index contributed by atoms with van der Waals surface area (Å²) in [6.07, 6.45) is 4.03. The van der Waals surface area contributed by atoms with E-state index in [1.54, 1.807) is 7.11 Å². The molecule has 1 saturated heterocycles. The Hall–Kier alpha value is -4.92. The maximum atomic E-state index is 13.4. The predicted octanol–water partition coefficient (Wildman–Crippen LogP) is 4.92. The Balaban J connectivity index is 1.39. The smallest absolute Gasteiger partial charge is 0.335 e. The molecule has 4 aromatic rings. The van der Waals surface area contributed by atoms with Gasteiger partial charge < -0.3 is 14.0 Å². The molecule has 3 aromatic carbocycles. The Morgan fingerprint density at radius 2 is 1.63 bits per heavy atom. The Kier molecular flexibility index (Phi) is 6.90. The largest absolute Gasteiger partial charge is 0.493 e. The molecule has 4 amide bonds. The standard InChI is InChI=1S/C29H24FN3O5/c1-37-25-9-4-5-10-26(25)38-16-6-15-32-18-19(22-7-2-3-8-24(22)32)17-23-27(34)31-29(36)33(28(23)35)21-13-11-20(30)12-14-21/h2-5,7-14,17-18H,6,15-16H2,1H3,(H,31,34,36). The number of halogens is 1. The lowest BCUT2D eigenvalue weighted by molar-refractivity contribution is -0.122. The van der Waals surface area contributed by atoms with E-state index in [1.165, 1.54) is 18.2 Å². The molecule has 2 heterocycles. The first-order valence-electron chi connectivity index (χ1n) is 12.0. The summed E-state index contributed by atoms with van der Waals surface area (Å²) in [7, 11) is 1.59. The summed E-state index contributed by atoms with van der Waals surface area (Å²) in [5.41, 5.74) is 1.53. The number of hydrogen-bond acceptors (Lipinski definition) is 5. The molecule has 1 aliphatic rings. The average molecular weight is 514 g/mol. The van der Waals surface area contributed by atoms with E-state index >= 15 is 0 Å². The number of hydrogen-bond donors (Lipinski definition) is 1. The minimum absolute atomic E-state index is 0.157. The molecule has 5 rings (SSSR count). The van der Waals surface area contributed by atoms with Gasteiger partial charge in [-0.3, -0.25) is 14.9 Å². The van der Waals surface area contributed by atoms with E-state index in [2.05, 4.69) is 5.32 Å². The average Bonchev–Trinajstić information content (AvgIpc) is 3.27. The maximum Gasteiger partial charge on any atom is 0.335 e. The van der Waals surface area contributed by atoms with Crippen LogP contribution in [-0.4, -0.2) is 36.1 Å². The van der Waals surface area contributed by atoms with Crippen LogP contribution in [0, 0.1) is 5.82 Å². The number of urea groups is 1. The fourth-order valence-electron chi connectivity index (χ4n) is 4.37. The van der Waals surface area contributed by atoms with Crippen molar-refractivity contribution in [1.82, 2.24) is 9.88 Å². The van der Waals surface area contributed by atoms with Crippen LogP contribution in [-0.2, 0) is 16.1 Å². The first kappa shape index (κ1) is 24.8.